The number of hydrogen-bond donors (Lipinski definition) is 2. The summed E-state index contributed by atoms with van der Waals surface area (Å²) in [4.78, 5) is 12.6. The lowest BCUT2D eigenvalue weighted by Gasteiger charge is -2.18. The highest BCUT2D eigenvalue weighted by Crippen LogP contribution is 2.27. The Kier molecular flexibility index (Phi) is 7.89. The van der Waals surface area contributed by atoms with Crippen LogP contribution in [0.3, 0.4) is 0 Å². The minimum absolute atomic E-state index is 0.0201. The summed E-state index contributed by atoms with van der Waals surface area (Å²) in [7, 11) is -3.87. The molecule has 1 amide bonds. The molecule has 0 aliphatic heterocycles. The molecule has 0 fully saturated rings. The maximum atomic E-state index is 12.7. The average molecular weight is 507 g/mol. The van der Waals surface area contributed by atoms with Crippen LogP contribution >= 0.6 is 23.2 Å². The van der Waals surface area contributed by atoms with Crippen molar-refractivity contribution in [3.63, 3.8) is 0 Å². The van der Waals surface area contributed by atoms with Gasteiger partial charge in [-0.1, -0.05) is 55.2 Å². The van der Waals surface area contributed by atoms with Gasteiger partial charge in [-0.25, -0.2) is 8.42 Å². The van der Waals surface area contributed by atoms with Crippen molar-refractivity contribution >= 4 is 50.5 Å². The van der Waals surface area contributed by atoms with E-state index >= 15 is 0 Å². The number of hydrogen-bond acceptors (Lipinski definition) is 4. The summed E-state index contributed by atoms with van der Waals surface area (Å²) in [5.74, 6) is 0.558. The Labute approximate surface area is 203 Å². The van der Waals surface area contributed by atoms with Crippen molar-refractivity contribution in [1.29, 1.82) is 0 Å². The molecule has 0 saturated carbocycles. The fourth-order valence-electron chi connectivity index (χ4n) is 3.10. The fourth-order valence-corrected chi connectivity index (χ4v) is 4.66. The van der Waals surface area contributed by atoms with Gasteiger partial charge in [0.15, 0.2) is 6.10 Å². The van der Waals surface area contributed by atoms with Gasteiger partial charge in [0.2, 0.25) is 0 Å². The molecule has 3 aromatic rings. The molecule has 9 heteroatoms. The molecule has 33 heavy (non-hydrogen) atoms. The number of anilines is 2. The highest BCUT2D eigenvalue weighted by Gasteiger charge is 2.19. The number of nitrogens with one attached hydrogen (secondary N) is 2. The molecule has 0 saturated heterocycles. The summed E-state index contributed by atoms with van der Waals surface area (Å²) < 4.78 is 33.6. The molecule has 0 aromatic heterocycles. The third-order valence-electron chi connectivity index (χ3n) is 4.76. The van der Waals surface area contributed by atoms with Gasteiger partial charge in [-0.05, 0) is 66.9 Å². The Morgan fingerprint density at radius 1 is 0.879 bits per heavy atom. The van der Waals surface area contributed by atoms with Crippen molar-refractivity contribution in [3.05, 3.63) is 82.3 Å². The molecule has 0 radical (unpaired) electrons. The van der Waals surface area contributed by atoms with Crippen LogP contribution in [0.2, 0.25) is 10.0 Å². The lowest BCUT2D eigenvalue weighted by Crippen LogP contribution is -2.30. The monoisotopic (exact) mass is 506 g/mol. The second-order valence-electron chi connectivity index (χ2n) is 7.73. The molecule has 0 unspecified atom stereocenters. The second kappa shape index (κ2) is 10.5. The quantitative estimate of drug-likeness (QED) is 0.374. The van der Waals surface area contributed by atoms with Crippen molar-refractivity contribution in [1.82, 2.24) is 0 Å². The molecule has 0 heterocycles. The van der Waals surface area contributed by atoms with Gasteiger partial charge >= 0.3 is 0 Å². The number of benzene rings is 3. The van der Waals surface area contributed by atoms with Crippen LogP contribution in [0.5, 0.6) is 5.75 Å². The molecule has 1 atom stereocenters. The van der Waals surface area contributed by atoms with Gasteiger partial charge in [0, 0.05) is 15.7 Å². The maximum Gasteiger partial charge on any atom is 0.265 e. The Hall–Kier alpha value is -2.74. The van der Waals surface area contributed by atoms with Gasteiger partial charge in [-0.3, -0.25) is 9.52 Å². The van der Waals surface area contributed by atoms with Crippen LogP contribution in [0.15, 0.2) is 71.6 Å². The van der Waals surface area contributed by atoms with E-state index in [4.69, 9.17) is 27.9 Å². The summed E-state index contributed by atoms with van der Waals surface area (Å²) in [6.45, 7) is 5.77. The van der Waals surface area contributed by atoms with Crippen LogP contribution in [-0.4, -0.2) is 20.4 Å². The van der Waals surface area contributed by atoms with Crippen LogP contribution in [-0.2, 0) is 14.8 Å². The predicted molar refractivity (Wildman–Crippen MR) is 133 cm³/mol. The molecule has 6 nitrogen and oxygen atoms in total. The van der Waals surface area contributed by atoms with Gasteiger partial charge in [0.25, 0.3) is 15.9 Å². The van der Waals surface area contributed by atoms with E-state index in [9.17, 15) is 13.2 Å². The van der Waals surface area contributed by atoms with Crippen LogP contribution in [0.25, 0.3) is 0 Å². The summed E-state index contributed by atoms with van der Waals surface area (Å²) in [6, 6.07) is 17.8. The summed E-state index contributed by atoms with van der Waals surface area (Å²) in [6.07, 6.45) is -0.748. The first-order chi connectivity index (χ1) is 15.5. The van der Waals surface area contributed by atoms with E-state index in [1.165, 1.54) is 42.5 Å². The smallest absolute Gasteiger partial charge is 0.265 e. The Balaban J connectivity index is 1.67. The number of ether oxygens (including phenoxy) is 1. The van der Waals surface area contributed by atoms with Crippen molar-refractivity contribution in [2.75, 3.05) is 10.0 Å². The fraction of sp³-hybridized carbons (Fsp3) is 0.208. The van der Waals surface area contributed by atoms with E-state index in [0.717, 1.165) is 5.56 Å². The van der Waals surface area contributed by atoms with Crippen LogP contribution in [0.4, 0.5) is 11.4 Å². The largest absolute Gasteiger partial charge is 0.481 e. The van der Waals surface area contributed by atoms with Gasteiger partial charge < -0.3 is 10.1 Å². The van der Waals surface area contributed by atoms with Gasteiger partial charge in [0.05, 0.1) is 10.6 Å². The number of carbonyl (C=O) groups excluding carboxylic acids is 1. The van der Waals surface area contributed by atoms with Crippen LogP contribution < -0.4 is 14.8 Å². The summed E-state index contributed by atoms with van der Waals surface area (Å²) in [5.41, 5.74) is 1.70. The first-order valence-electron chi connectivity index (χ1n) is 10.2. The number of para-hydroxylation sites is 1. The zero-order valence-corrected chi connectivity index (χ0v) is 20.6. The van der Waals surface area contributed by atoms with Gasteiger partial charge in [0.1, 0.15) is 5.75 Å². The third kappa shape index (κ3) is 6.63. The van der Waals surface area contributed by atoms with E-state index in [2.05, 4.69) is 23.9 Å². The summed E-state index contributed by atoms with van der Waals surface area (Å²) in [5, 5.41) is 3.36. The van der Waals surface area contributed by atoms with E-state index in [-0.39, 0.29) is 22.4 Å². The number of carbonyl (C=O) groups is 1. The SMILES string of the molecule is CC(C)c1ccccc1O[C@H](C)C(=O)Nc1ccc(S(=O)(=O)Nc2cc(Cl)cc(Cl)c2)cc1. The second-order valence-corrected chi connectivity index (χ2v) is 10.3. The number of amides is 1. The first kappa shape index (κ1) is 24.9. The highest BCUT2D eigenvalue weighted by molar-refractivity contribution is 7.92. The standard InChI is InChI=1S/C24H24Cl2N2O4S/c1-15(2)22-6-4-5-7-23(22)32-16(3)24(29)27-19-8-10-21(11-9-19)33(30,31)28-20-13-17(25)12-18(26)14-20/h4-16,28H,1-3H3,(H,27,29)/t16-/m1/s1. The molecule has 0 aliphatic rings. The topological polar surface area (TPSA) is 84.5 Å². The lowest BCUT2D eigenvalue weighted by molar-refractivity contribution is -0.122. The zero-order chi connectivity index (χ0) is 24.2. The lowest BCUT2D eigenvalue weighted by atomic mass is 10.0. The molecular weight excluding hydrogens is 483 g/mol. The van der Waals surface area contributed by atoms with Gasteiger partial charge in [-0.15, -0.1) is 0 Å². The zero-order valence-electron chi connectivity index (χ0n) is 18.3. The number of sulfonamides is 1. The van der Waals surface area contributed by atoms with E-state index in [1.54, 1.807) is 6.92 Å². The average Bonchev–Trinajstić information content (AvgIpc) is 2.73. The minimum atomic E-state index is -3.87. The third-order valence-corrected chi connectivity index (χ3v) is 6.59. The predicted octanol–water partition coefficient (Wildman–Crippen LogP) is 6.32. The molecular formula is C24H24Cl2N2O4S. The van der Waals surface area contributed by atoms with Crippen molar-refractivity contribution in [2.24, 2.45) is 0 Å². The summed E-state index contributed by atoms with van der Waals surface area (Å²) >= 11 is 11.9. The molecule has 174 valence electrons. The van der Waals surface area contributed by atoms with Crippen LogP contribution in [0, 0.1) is 0 Å². The van der Waals surface area contributed by atoms with Crippen molar-refractivity contribution in [2.45, 2.75) is 37.7 Å². The minimum Gasteiger partial charge on any atom is -0.481 e. The van der Waals surface area contributed by atoms with Crippen LogP contribution in [0.1, 0.15) is 32.3 Å². The molecule has 3 rings (SSSR count). The Morgan fingerprint density at radius 2 is 1.48 bits per heavy atom. The normalized spacial score (nSPS) is 12.3. The van der Waals surface area contributed by atoms with E-state index < -0.39 is 16.1 Å². The Morgan fingerprint density at radius 3 is 2.09 bits per heavy atom. The van der Waals surface area contributed by atoms with E-state index in [1.807, 2.05) is 24.3 Å². The number of rotatable bonds is 8. The molecule has 2 N–H and O–H groups in total. The number of halogens is 2. The van der Waals surface area contributed by atoms with E-state index in [0.29, 0.717) is 21.5 Å². The molecule has 0 bridgehead atoms. The van der Waals surface area contributed by atoms with Crippen molar-refractivity contribution in [3.8, 4) is 5.75 Å². The molecule has 0 spiro atoms. The highest BCUT2D eigenvalue weighted by atomic mass is 35.5. The van der Waals surface area contributed by atoms with Gasteiger partial charge in [-0.2, -0.15) is 0 Å². The first-order valence-corrected chi connectivity index (χ1v) is 12.4. The molecule has 3 aromatic carbocycles. The Bertz CT molecular complexity index is 1230. The molecule has 0 aliphatic carbocycles. The maximum absolute atomic E-state index is 12.7. The van der Waals surface area contributed by atoms with Crippen molar-refractivity contribution < 1.29 is 17.9 Å².